The van der Waals surface area contributed by atoms with Crippen molar-refractivity contribution in [2.45, 2.75) is 13.3 Å². The molecule has 0 bridgehead atoms. The van der Waals surface area contributed by atoms with Gasteiger partial charge in [-0.05, 0) is 24.6 Å². The molecule has 0 aliphatic carbocycles. The van der Waals surface area contributed by atoms with Crippen LogP contribution in [0.2, 0.25) is 0 Å². The van der Waals surface area contributed by atoms with Crippen LogP contribution in [-0.4, -0.2) is 6.29 Å². The topological polar surface area (TPSA) is 30.2 Å². The van der Waals surface area contributed by atoms with Crippen LogP contribution < -0.4 is 0 Å². The zero-order valence-electron chi connectivity index (χ0n) is 10.1. The number of carbonyl (C=O) groups excluding carboxylic acids is 1. The number of fused-ring (bicyclic) bond motifs is 1. The maximum atomic E-state index is 13.8. The van der Waals surface area contributed by atoms with E-state index in [-0.39, 0.29) is 11.1 Å². The zero-order valence-corrected chi connectivity index (χ0v) is 10.1. The molecule has 0 amide bonds. The van der Waals surface area contributed by atoms with E-state index in [1.54, 1.807) is 18.2 Å². The molecule has 0 fully saturated rings. The molecule has 0 aliphatic rings. The van der Waals surface area contributed by atoms with Gasteiger partial charge in [0.15, 0.2) is 17.7 Å². The summed E-state index contributed by atoms with van der Waals surface area (Å²) in [6, 6.07) is 4.91. The van der Waals surface area contributed by atoms with Gasteiger partial charge in [-0.3, -0.25) is 4.79 Å². The Bertz CT molecular complexity index is 635. The number of halogens is 1. The summed E-state index contributed by atoms with van der Waals surface area (Å²) >= 11 is 0. The van der Waals surface area contributed by atoms with Crippen molar-refractivity contribution in [3.05, 3.63) is 59.6 Å². The molecule has 18 heavy (non-hydrogen) atoms. The van der Waals surface area contributed by atoms with Crippen LogP contribution in [0.3, 0.4) is 0 Å². The van der Waals surface area contributed by atoms with Gasteiger partial charge in [-0.1, -0.05) is 24.8 Å². The van der Waals surface area contributed by atoms with Crippen molar-refractivity contribution in [1.82, 2.24) is 0 Å². The number of furan rings is 1. The summed E-state index contributed by atoms with van der Waals surface area (Å²) in [5, 5.41) is 0.660. The van der Waals surface area contributed by atoms with Crippen LogP contribution in [0.15, 0.2) is 46.9 Å². The molecule has 0 unspecified atom stereocenters. The summed E-state index contributed by atoms with van der Waals surface area (Å²) in [6.07, 6.45) is 4.70. The fourth-order valence-corrected chi connectivity index (χ4v) is 1.81. The molecule has 0 atom stereocenters. The third-order valence-corrected chi connectivity index (χ3v) is 2.85. The molecule has 1 heterocycles. The minimum atomic E-state index is -0.602. The van der Waals surface area contributed by atoms with E-state index >= 15 is 0 Å². The number of carbonyl (C=O) groups is 1. The Balaban J connectivity index is 2.47. The van der Waals surface area contributed by atoms with Crippen LogP contribution in [0.25, 0.3) is 11.0 Å². The van der Waals surface area contributed by atoms with Crippen LogP contribution in [0.1, 0.15) is 23.0 Å². The molecule has 0 radical (unpaired) electrons. The number of aldehydes is 1. The van der Waals surface area contributed by atoms with Gasteiger partial charge in [0.1, 0.15) is 5.76 Å². The van der Waals surface area contributed by atoms with Gasteiger partial charge in [-0.15, -0.1) is 0 Å². The predicted molar refractivity (Wildman–Crippen MR) is 69.2 cm³/mol. The smallest absolute Gasteiger partial charge is 0.176 e. The van der Waals surface area contributed by atoms with Crippen molar-refractivity contribution < 1.29 is 13.6 Å². The van der Waals surface area contributed by atoms with Gasteiger partial charge >= 0.3 is 0 Å². The van der Waals surface area contributed by atoms with Gasteiger partial charge in [0.25, 0.3) is 0 Å². The van der Waals surface area contributed by atoms with E-state index in [4.69, 9.17) is 4.42 Å². The monoisotopic (exact) mass is 244 g/mol. The first kappa shape index (κ1) is 12.3. The third-order valence-electron chi connectivity index (χ3n) is 2.85. The zero-order chi connectivity index (χ0) is 13.1. The molecule has 3 heteroatoms. The SMILES string of the molecule is C=C/C(=C\C)Cc1cc2ccc(C=O)c(F)c2o1. The Morgan fingerprint density at radius 3 is 2.89 bits per heavy atom. The summed E-state index contributed by atoms with van der Waals surface area (Å²) in [7, 11) is 0. The lowest BCUT2D eigenvalue weighted by Gasteiger charge is -1.97. The van der Waals surface area contributed by atoms with Crippen LogP contribution in [-0.2, 0) is 6.42 Å². The summed E-state index contributed by atoms with van der Waals surface area (Å²) < 4.78 is 19.3. The summed E-state index contributed by atoms with van der Waals surface area (Å²) in [4.78, 5) is 10.6. The minimum Gasteiger partial charge on any atom is -0.458 e. The van der Waals surface area contributed by atoms with Gasteiger partial charge < -0.3 is 4.42 Å². The van der Waals surface area contributed by atoms with E-state index in [1.165, 1.54) is 6.07 Å². The summed E-state index contributed by atoms with van der Waals surface area (Å²) in [6.45, 7) is 5.60. The van der Waals surface area contributed by atoms with Crippen LogP contribution >= 0.6 is 0 Å². The van der Waals surface area contributed by atoms with Crippen LogP contribution in [0, 0.1) is 5.82 Å². The molecule has 1 aromatic heterocycles. The second kappa shape index (κ2) is 5.00. The van der Waals surface area contributed by atoms with Crippen molar-refractivity contribution in [2.24, 2.45) is 0 Å². The van der Waals surface area contributed by atoms with Gasteiger partial charge in [0.2, 0.25) is 0 Å². The number of rotatable bonds is 4. The van der Waals surface area contributed by atoms with E-state index in [0.29, 0.717) is 23.9 Å². The van der Waals surface area contributed by atoms with E-state index in [1.807, 2.05) is 13.0 Å². The Kier molecular flexibility index (Phi) is 3.42. The van der Waals surface area contributed by atoms with Crippen molar-refractivity contribution >= 4 is 17.3 Å². The van der Waals surface area contributed by atoms with E-state index < -0.39 is 5.82 Å². The summed E-state index contributed by atoms with van der Waals surface area (Å²) in [5.74, 6) is 0.0503. The lowest BCUT2D eigenvalue weighted by atomic mass is 10.1. The van der Waals surface area contributed by atoms with Gasteiger partial charge in [0.05, 0.1) is 5.56 Å². The van der Waals surface area contributed by atoms with Crippen molar-refractivity contribution in [1.29, 1.82) is 0 Å². The molecule has 2 aromatic rings. The molecule has 0 aliphatic heterocycles. The lowest BCUT2D eigenvalue weighted by Crippen LogP contribution is -1.86. The highest BCUT2D eigenvalue weighted by atomic mass is 19.1. The second-order valence-electron chi connectivity index (χ2n) is 3.96. The van der Waals surface area contributed by atoms with Gasteiger partial charge in [-0.2, -0.15) is 0 Å². The highest BCUT2D eigenvalue weighted by Crippen LogP contribution is 2.25. The molecule has 1 aromatic carbocycles. The highest BCUT2D eigenvalue weighted by Gasteiger charge is 2.12. The first-order valence-electron chi connectivity index (χ1n) is 5.63. The highest BCUT2D eigenvalue weighted by molar-refractivity contribution is 5.86. The first-order chi connectivity index (χ1) is 8.69. The minimum absolute atomic E-state index is 0.0124. The number of allylic oxidation sites excluding steroid dienone is 3. The van der Waals surface area contributed by atoms with Gasteiger partial charge in [-0.25, -0.2) is 4.39 Å². The maximum absolute atomic E-state index is 13.8. The van der Waals surface area contributed by atoms with Crippen LogP contribution in [0.5, 0.6) is 0 Å². The standard InChI is InChI=1S/C15H13FO2/c1-3-10(4-2)7-13-8-11-5-6-12(9-17)14(16)15(11)18-13/h3-6,8-9H,1,7H2,2H3/b10-4+. The number of hydrogen-bond acceptors (Lipinski definition) is 2. The van der Waals surface area contributed by atoms with Crippen LogP contribution in [0.4, 0.5) is 4.39 Å². The maximum Gasteiger partial charge on any atom is 0.176 e. The molecule has 0 N–H and O–H groups in total. The summed E-state index contributed by atoms with van der Waals surface area (Å²) in [5.41, 5.74) is 1.15. The average molecular weight is 244 g/mol. The lowest BCUT2D eigenvalue weighted by molar-refractivity contribution is 0.112. The fourth-order valence-electron chi connectivity index (χ4n) is 1.81. The van der Waals surface area contributed by atoms with Gasteiger partial charge in [0, 0.05) is 11.8 Å². The fraction of sp³-hybridized carbons (Fsp3) is 0.133. The quantitative estimate of drug-likeness (QED) is 0.599. The third kappa shape index (κ3) is 2.12. The molecule has 0 saturated heterocycles. The molecular formula is C15H13FO2. The number of hydrogen-bond donors (Lipinski definition) is 0. The Morgan fingerprint density at radius 2 is 2.28 bits per heavy atom. The second-order valence-corrected chi connectivity index (χ2v) is 3.96. The Hall–Kier alpha value is -2.16. The molecular weight excluding hydrogens is 231 g/mol. The van der Waals surface area contributed by atoms with Crippen molar-refractivity contribution in [3.8, 4) is 0 Å². The molecule has 0 saturated carbocycles. The van der Waals surface area contributed by atoms with E-state index in [9.17, 15) is 9.18 Å². The average Bonchev–Trinajstić information content (AvgIpc) is 2.80. The predicted octanol–water partition coefficient (Wildman–Crippen LogP) is 4.06. The van der Waals surface area contributed by atoms with E-state index in [0.717, 1.165) is 5.57 Å². The molecule has 2 rings (SSSR count). The largest absolute Gasteiger partial charge is 0.458 e. The van der Waals surface area contributed by atoms with Crippen molar-refractivity contribution in [3.63, 3.8) is 0 Å². The Morgan fingerprint density at radius 1 is 1.50 bits per heavy atom. The van der Waals surface area contributed by atoms with E-state index in [2.05, 4.69) is 6.58 Å². The van der Waals surface area contributed by atoms with Crippen molar-refractivity contribution in [2.75, 3.05) is 0 Å². The molecule has 2 nitrogen and oxygen atoms in total. The normalized spacial score (nSPS) is 11.8. The first-order valence-corrected chi connectivity index (χ1v) is 5.63. The number of benzene rings is 1. The molecule has 0 spiro atoms. The Labute approximate surface area is 104 Å². The molecule has 92 valence electrons.